The van der Waals surface area contributed by atoms with Gasteiger partial charge in [-0.2, -0.15) is 0 Å². The van der Waals surface area contributed by atoms with Crippen LogP contribution in [-0.2, 0) is 13.0 Å². The third-order valence-corrected chi connectivity index (χ3v) is 2.74. The normalized spacial score (nSPS) is 10.2. The highest BCUT2D eigenvalue weighted by Crippen LogP contribution is 2.02. The molecule has 0 saturated heterocycles. The van der Waals surface area contributed by atoms with Crippen molar-refractivity contribution in [2.24, 2.45) is 5.73 Å². The number of hydrogen-bond donors (Lipinski definition) is 2. The second-order valence-corrected chi connectivity index (χ2v) is 4.10. The Morgan fingerprint density at radius 3 is 2.74 bits per heavy atom. The van der Waals surface area contributed by atoms with E-state index in [2.05, 4.69) is 15.3 Å². The fourth-order valence-corrected chi connectivity index (χ4v) is 1.70. The lowest BCUT2D eigenvalue weighted by molar-refractivity contribution is 0.0954. The lowest BCUT2D eigenvalue weighted by Gasteiger charge is -2.06. The van der Waals surface area contributed by atoms with Crippen molar-refractivity contribution in [3.63, 3.8) is 0 Å². The highest BCUT2D eigenvalue weighted by atomic mass is 16.1. The number of aromatic nitrogens is 2. The number of amides is 1. The van der Waals surface area contributed by atoms with Crippen LogP contribution in [0.15, 0.2) is 42.9 Å². The van der Waals surface area contributed by atoms with E-state index in [9.17, 15) is 4.79 Å². The zero-order valence-corrected chi connectivity index (χ0v) is 10.5. The minimum atomic E-state index is -0.105. The number of pyridine rings is 2. The van der Waals surface area contributed by atoms with E-state index in [1.165, 1.54) is 0 Å². The third kappa shape index (κ3) is 3.86. The number of nitrogens with two attached hydrogens (primary N) is 1. The molecule has 19 heavy (non-hydrogen) atoms. The number of rotatable bonds is 5. The average molecular weight is 256 g/mol. The quantitative estimate of drug-likeness (QED) is 0.833. The number of nitrogens with zero attached hydrogens (tertiary/aromatic N) is 2. The van der Waals surface area contributed by atoms with Crippen molar-refractivity contribution in [1.82, 2.24) is 15.3 Å². The molecule has 0 aromatic carbocycles. The summed E-state index contributed by atoms with van der Waals surface area (Å²) >= 11 is 0. The van der Waals surface area contributed by atoms with Crippen molar-refractivity contribution in [2.75, 3.05) is 6.54 Å². The third-order valence-electron chi connectivity index (χ3n) is 2.74. The van der Waals surface area contributed by atoms with Crippen LogP contribution in [0.3, 0.4) is 0 Å². The monoisotopic (exact) mass is 256 g/mol. The van der Waals surface area contributed by atoms with Crippen LogP contribution in [0.1, 0.15) is 21.6 Å². The lowest BCUT2D eigenvalue weighted by Crippen LogP contribution is -2.26. The average Bonchev–Trinajstić information content (AvgIpc) is 2.48. The van der Waals surface area contributed by atoms with Crippen molar-refractivity contribution >= 4 is 5.91 Å². The molecule has 0 bridgehead atoms. The van der Waals surface area contributed by atoms with Gasteiger partial charge in [-0.25, -0.2) is 0 Å². The molecule has 5 nitrogen and oxygen atoms in total. The fourth-order valence-electron chi connectivity index (χ4n) is 1.70. The predicted molar refractivity (Wildman–Crippen MR) is 72.4 cm³/mol. The van der Waals surface area contributed by atoms with Crippen molar-refractivity contribution in [3.8, 4) is 0 Å². The van der Waals surface area contributed by atoms with E-state index in [1.54, 1.807) is 30.7 Å². The van der Waals surface area contributed by atoms with E-state index in [0.717, 1.165) is 12.0 Å². The Kier molecular flexibility index (Phi) is 4.58. The number of nitrogens with one attached hydrogen (secondary N) is 1. The van der Waals surface area contributed by atoms with E-state index in [0.29, 0.717) is 24.3 Å². The Morgan fingerprint density at radius 1 is 1.21 bits per heavy atom. The summed E-state index contributed by atoms with van der Waals surface area (Å²) < 4.78 is 0. The summed E-state index contributed by atoms with van der Waals surface area (Å²) in [5.41, 5.74) is 7.94. The highest BCUT2D eigenvalue weighted by molar-refractivity contribution is 5.94. The molecule has 1 amide bonds. The first-order valence-corrected chi connectivity index (χ1v) is 6.11. The molecule has 0 radical (unpaired) electrons. The molecular formula is C14H16N4O. The Labute approximate surface area is 111 Å². The summed E-state index contributed by atoms with van der Waals surface area (Å²) in [6.07, 6.45) is 5.87. The van der Waals surface area contributed by atoms with Crippen LogP contribution in [0.5, 0.6) is 0 Å². The van der Waals surface area contributed by atoms with Gasteiger partial charge in [0, 0.05) is 37.2 Å². The van der Waals surface area contributed by atoms with Gasteiger partial charge in [0.1, 0.15) is 0 Å². The summed E-state index contributed by atoms with van der Waals surface area (Å²) in [4.78, 5) is 19.9. The SMILES string of the molecule is NCc1cc(C(=O)NCCc2ccncc2)ccn1. The van der Waals surface area contributed by atoms with Crippen molar-refractivity contribution in [2.45, 2.75) is 13.0 Å². The Morgan fingerprint density at radius 2 is 2.00 bits per heavy atom. The van der Waals surface area contributed by atoms with Gasteiger partial charge in [0.2, 0.25) is 0 Å². The van der Waals surface area contributed by atoms with Gasteiger partial charge >= 0.3 is 0 Å². The molecule has 2 aromatic heterocycles. The van der Waals surface area contributed by atoms with E-state index < -0.39 is 0 Å². The van der Waals surface area contributed by atoms with Crippen LogP contribution in [0.4, 0.5) is 0 Å². The first-order chi connectivity index (χ1) is 9.29. The molecule has 0 fully saturated rings. The Hall–Kier alpha value is -2.27. The van der Waals surface area contributed by atoms with Crippen LogP contribution < -0.4 is 11.1 Å². The van der Waals surface area contributed by atoms with Crippen LogP contribution in [-0.4, -0.2) is 22.4 Å². The second kappa shape index (κ2) is 6.61. The number of hydrogen-bond acceptors (Lipinski definition) is 4. The molecule has 0 saturated carbocycles. The lowest BCUT2D eigenvalue weighted by atomic mass is 10.2. The molecule has 2 aromatic rings. The molecule has 2 rings (SSSR count). The minimum absolute atomic E-state index is 0.105. The molecule has 5 heteroatoms. The van der Waals surface area contributed by atoms with Gasteiger partial charge < -0.3 is 11.1 Å². The van der Waals surface area contributed by atoms with Gasteiger partial charge in [0.25, 0.3) is 5.91 Å². The van der Waals surface area contributed by atoms with Crippen LogP contribution in [0, 0.1) is 0 Å². The zero-order valence-electron chi connectivity index (χ0n) is 10.5. The minimum Gasteiger partial charge on any atom is -0.352 e. The maximum Gasteiger partial charge on any atom is 0.251 e. The zero-order chi connectivity index (χ0) is 13.5. The van der Waals surface area contributed by atoms with Crippen molar-refractivity contribution in [1.29, 1.82) is 0 Å². The molecule has 98 valence electrons. The van der Waals surface area contributed by atoms with Gasteiger partial charge in [-0.05, 0) is 36.2 Å². The van der Waals surface area contributed by atoms with E-state index in [1.807, 2.05) is 12.1 Å². The van der Waals surface area contributed by atoms with Crippen molar-refractivity contribution in [3.05, 3.63) is 59.7 Å². The van der Waals surface area contributed by atoms with Crippen LogP contribution in [0.2, 0.25) is 0 Å². The van der Waals surface area contributed by atoms with Gasteiger partial charge in [0.05, 0.1) is 5.69 Å². The van der Waals surface area contributed by atoms with Gasteiger partial charge in [-0.1, -0.05) is 0 Å². The predicted octanol–water partition coefficient (Wildman–Crippen LogP) is 0.908. The summed E-state index contributed by atoms with van der Waals surface area (Å²) in [7, 11) is 0. The molecule has 0 aliphatic carbocycles. The van der Waals surface area contributed by atoms with Crippen molar-refractivity contribution < 1.29 is 4.79 Å². The van der Waals surface area contributed by atoms with E-state index >= 15 is 0 Å². The summed E-state index contributed by atoms with van der Waals surface area (Å²) in [5.74, 6) is -0.105. The highest BCUT2D eigenvalue weighted by Gasteiger charge is 2.05. The molecule has 0 aliphatic heterocycles. The first kappa shape index (κ1) is 13.2. The van der Waals surface area contributed by atoms with E-state index in [-0.39, 0.29) is 5.91 Å². The second-order valence-electron chi connectivity index (χ2n) is 4.10. The van der Waals surface area contributed by atoms with Gasteiger partial charge in [-0.15, -0.1) is 0 Å². The Balaban J connectivity index is 1.87. The number of carbonyl (C=O) groups excluding carboxylic acids is 1. The first-order valence-electron chi connectivity index (χ1n) is 6.11. The molecule has 3 N–H and O–H groups in total. The molecule has 0 atom stereocenters. The fraction of sp³-hybridized carbons (Fsp3) is 0.214. The summed E-state index contributed by atoms with van der Waals surface area (Å²) in [6, 6.07) is 7.26. The molecular weight excluding hydrogens is 240 g/mol. The van der Waals surface area contributed by atoms with Gasteiger partial charge in [-0.3, -0.25) is 14.8 Å². The molecule has 2 heterocycles. The van der Waals surface area contributed by atoms with Crippen LogP contribution in [0.25, 0.3) is 0 Å². The molecule has 0 unspecified atom stereocenters. The van der Waals surface area contributed by atoms with Crippen LogP contribution >= 0.6 is 0 Å². The van der Waals surface area contributed by atoms with Gasteiger partial charge in [0.15, 0.2) is 0 Å². The van der Waals surface area contributed by atoms with E-state index in [4.69, 9.17) is 5.73 Å². The maximum absolute atomic E-state index is 11.9. The molecule has 0 spiro atoms. The Bertz CT molecular complexity index is 542. The standard InChI is InChI=1S/C14H16N4O/c15-10-13-9-12(4-8-17-13)14(19)18-7-3-11-1-5-16-6-2-11/h1-2,4-6,8-9H,3,7,10,15H2,(H,18,19). The topological polar surface area (TPSA) is 80.9 Å². The summed E-state index contributed by atoms with van der Waals surface area (Å²) in [5, 5.41) is 2.87. The smallest absolute Gasteiger partial charge is 0.251 e. The number of carbonyl (C=O) groups is 1. The molecule has 0 aliphatic rings. The summed E-state index contributed by atoms with van der Waals surface area (Å²) in [6.45, 7) is 0.918. The maximum atomic E-state index is 11.9. The largest absolute Gasteiger partial charge is 0.352 e.